The highest BCUT2D eigenvalue weighted by molar-refractivity contribution is 5.40. The summed E-state index contributed by atoms with van der Waals surface area (Å²) in [6, 6.07) is 4.04. The average molecular weight is 234 g/mol. The lowest BCUT2D eigenvalue weighted by Crippen LogP contribution is -2.01. The molecule has 96 valence electrons. The number of aromatic nitrogens is 1. The summed E-state index contributed by atoms with van der Waals surface area (Å²) in [6.45, 7) is 3.35. The summed E-state index contributed by atoms with van der Waals surface area (Å²) in [5.41, 5.74) is 1.18. The molecule has 1 heterocycles. The zero-order valence-corrected chi connectivity index (χ0v) is 11.1. The van der Waals surface area contributed by atoms with Crippen molar-refractivity contribution in [3.8, 4) is 0 Å². The van der Waals surface area contributed by atoms with E-state index in [-0.39, 0.29) is 0 Å². The van der Waals surface area contributed by atoms with Gasteiger partial charge < -0.3 is 5.32 Å². The molecular weight excluding hydrogens is 208 g/mol. The van der Waals surface area contributed by atoms with Gasteiger partial charge in [0.2, 0.25) is 0 Å². The molecule has 0 spiro atoms. The van der Waals surface area contributed by atoms with Gasteiger partial charge in [-0.2, -0.15) is 0 Å². The van der Waals surface area contributed by atoms with Gasteiger partial charge in [0.1, 0.15) is 0 Å². The van der Waals surface area contributed by atoms with Gasteiger partial charge in [0, 0.05) is 24.6 Å². The minimum absolute atomic E-state index is 1.08. The maximum atomic E-state index is 4.00. The van der Waals surface area contributed by atoms with Crippen LogP contribution in [-0.4, -0.2) is 11.5 Å². The standard InChI is InChI=1S/C15H26N2/c1-2-3-4-5-6-7-8-9-12-17-15-10-13-16-14-11-15/h10-11,13-14H,2-9,12H2,1H3,(H,16,17). The molecule has 0 aliphatic heterocycles. The number of anilines is 1. The fourth-order valence-corrected chi connectivity index (χ4v) is 1.96. The number of unbranched alkanes of at least 4 members (excludes halogenated alkanes) is 7. The third-order valence-corrected chi connectivity index (χ3v) is 3.04. The van der Waals surface area contributed by atoms with Crippen molar-refractivity contribution in [2.45, 2.75) is 58.3 Å². The summed E-state index contributed by atoms with van der Waals surface area (Å²) < 4.78 is 0. The second-order valence-electron chi connectivity index (χ2n) is 4.64. The van der Waals surface area contributed by atoms with Crippen molar-refractivity contribution in [2.24, 2.45) is 0 Å². The molecule has 0 amide bonds. The Morgan fingerprint density at radius 2 is 1.47 bits per heavy atom. The first-order valence-corrected chi connectivity index (χ1v) is 7.07. The minimum atomic E-state index is 1.08. The van der Waals surface area contributed by atoms with Gasteiger partial charge in [-0.1, -0.05) is 51.9 Å². The zero-order chi connectivity index (χ0) is 12.2. The van der Waals surface area contributed by atoms with E-state index in [0.717, 1.165) is 6.54 Å². The fraction of sp³-hybridized carbons (Fsp3) is 0.667. The van der Waals surface area contributed by atoms with Crippen molar-refractivity contribution in [2.75, 3.05) is 11.9 Å². The summed E-state index contributed by atoms with van der Waals surface area (Å²) >= 11 is 0. The Morgan fingerprint density at radius 3 is 2.12 bits per heavy atom. The number of hydrogen-bond donors (Lipinski definition) is 1. The molecule has 0 saturated carbocycles. The molecular formula is C15H26N2. The van der Waals surface area contributed by atoms with Crippen LogP contribution in [0.15, 0.2) is 24.5 Å². The topological polar surface area (TPSA) is 24.9 Å². The summed E-state index contributed by atoms with van der Waals surface area (Å²) in [5.74, 6) is 0. The van der Waals surface area contributed by atoms with Crippen LogP contribution in [0.5, 0.6) is 0 Å². The van der Waals surface area contributed by atoms with E-state index in [9.17, 15) is 0 Å². The van der Waals surface area contributed by atoms with E-state index >= 15 is 0 Å². The van der Waals surface area contributed by atoms with Crippen LogP contribution in [-0.2, 0) is 0 Å². The van der Waals surface area contributed by atoms with Crippen LogP contribution < -0.4 is 5.32 Å². The molecule has 2 heteroatoms. The monoisotopic (exact) mass is 234 g/mol. The first-order valence-electron chi connectivity index (χ1n) is 7.07. The van der Waals surface area contributed by atoms with Crippen LogP contribution in [0.2, 0.25) is 0 Å². The lowest BCUT2D eigenvalue weighted by Gasteiger charge is -2.05. The third-order valence-electron chi connectivity index (χ3n) is 3.04. The van der Waals surface area contributed by atoms with E-state index in [4.69, 9.17) is 0 Å². The number of nitrogens with zero attached hydrogens (tertiary/aromatic N) is 1. The maximum Gasteiger partial charge on any atom is 0.0371 e. The predicted molar refractivity (Wildman–Crippen MR) is 75.3 cm³/mol. The molecule has 0 unspecified atom stereocenters. The summed E-state index contributed by atoms with van der Waals surface area (Å²) in [7, 11) is 0. The summed E-state index contributed by atoms with van der Waals surface area (Å²) in [6.07, 6.45) is 14.7. The molecule has 0 radical (unpaired) electrons. The largest absolute Gasteiger partial charge is 0.385 e. The second kappa shape index (κ2) is 10.1. The zero-order valence-electron chi connectivity index (χ0n) is 11.1. The van der Waals surface area contributed by atoms with Gasteiger partial charge in [-0.15, -0.1) is 0 Å². The minimum Gasteiger partial charge on any atom is -0.385 e. The van der Waals surface area contributed by atoms with Crippen LogP contribution in [0.25, 0.3) is 0 Å². The molecule has 17 heavy (non-hydrogen) atoms. The number of hydrogen-bond acceptors (Lipinski definition) is 2. The van der Waals surface area contributed by atoms with Crippen molar-refractivity contribution in [1.29, 1.82) is 0 Å². The van der Waals surface area contributed by atoms with Crippen molar-refractivity contribution in [3.05, 3.63) is 24.5 Å². The first kappa shape index (κ1) is 14.0. The molecule has 0 atom stereocenters. The molecule has 1 rings (SSSR count). The number of pyridine rings is 1. The Morgan fingerprint density at radius 1 is 0.882 bits per heavy atom. The van der Waals surface area contributed by atoms with Gasteiger partial charge in [-0.3, -0.25) is 4.98 Å². The van der Waals surface area contributed by atoms with Gasteiger partial charge in [0.15, 0.2) is 0 Å². The van der Waals surface area contributed by atoms with Crippen molar-refractivity contribution < 1.29 is 0 Å². The van der Waals surface area contributed by atoms with E-state index in [1.807, 2.05) is 24.5 Å². The van der Waals surface area contributed by atoms with Gasteiger partial charge in [0.05, 0.1) is 0 Å². The molecule has 0 aliphatic carbocycles. The van der Waals surface area contributed by atoms with E-state index < -0.39 is 0 Å². The van der Waals surface area contributed by atoms with Crippen LogP contribution in [0.4, 0.5) is 5.69 Å². The molecule has 0 aromatic carbocycles. The Hall–Kier alpha value is -1.05. The van der Waals surface area contributed by atoms with Crippen LogP contribution >= 0.6 is 0 Å². The van der Waals surface area contributed by atoms with Gasteiger partial charge in [0.25, 0.3) is 0 Å². The van der Waals surface area contributed by atoms with E-state index in [1.54, 1.807) is 0 Å². The molecule has 0 aliphatic rings. The Bertz CT molecular complexity index is 259. The highest BCUT2D eigenvalue weighted by Gasteiger charge is 1.92. The highest BCUT2D eigenvalue weighted by atomic mass is 14.9. The van der Waals surface area contributed by atoms with Crippen molar-refractivity contribution >= 4 is 5.69 Å². The van der Waals surface area contributed by atoms with Crippen LogP contribution in [0.1, 0.15) is 58.3 Å². The quantitative estimate of drug-likeness (QED) is 0.597. The Labute approximate surface area is 106 Å². The molecule has 0 fully saturated rings. The fourth-order valence-electron chi connectivity index (χ4n) is 1.96. The molecule has 0 bridgehead atoms. The van der Waals surface area contributed by atoms with E-state index in [2.05, 4.69) is 17.2 Å². The SMILES string of the molecule is CCCCCCCCCCNc1ccncc1. The van der Waals surface area contributed by atoms with Crippen molar-refractivity contribution in [3.63, 3.8) is 0 Å². The highest BCUT2D eigenvalue weighted by Crippen LogP contribution is 2.09. The smallest absolute Gasteiger partial charge is 0.0371 e. The molecule has 0 saturated heterocycles. The van der Waals surface area contributed by atoms with Crippen LogP contribution in [0.3, 0.4) is 0 Å². The molecule has 2 nitrogen and oxygen atoms in total. The Balaban J connectivity index is 1.85. The van der Waals surface area contributed by atoms with Gasteiger partial charge in [-0.25, -0.2) is 0 Å². The molecule has 1 N–H and O–H groups in total. The van der Waals surface area contributed by atoms with Crippen molar-refractivity contribution in [1.82, 2.24) is 4.98 Å². The number of nitrogens with one attached hydrogen (secondary N) is 1. The lowest BCUT2D eigenvalue weighted by atomic mass is 10.1. The average Bonchev–Trinajstić information content (AvgIpc) is 2.38. The number of rotatable bonds is 10. The van der Waals surface area contributed by atoms with Crippen LogP contribution in [0, 0.1) is 0 Å². The van der Waals surface area contributed by atoms with Gasteiger partial charge >= 0.3 is 0 Å². The lowest BCUT2D eigenvalue weighted by molar-refractivity contribution is 0.581. The third kappa shape index (κ3) is 7.78. The maximum absolute atomic E-state index is 4.00. The molecule has 1 aromatic heterocycles. The first-order chi connectivity index (χ1) is 8.43. The summed E-state index contributed by atoms with van der Waals surface area (Å²) in [4.78, 5) is 4.00. The van der Waals surface area contributed by atoms with E-state index in [1.165, 1.54) is 57.1 Å². The predicted octanol–water partition coefficient (Wildman–Crippen LogP) is 4.63. The van der Waals surface area contributed by atoms with E-state index in [0.29, 0.717) is 0 Å². The Kier molecular flexibility index (Phi) is 8.35. The summed E-state index contributed by atoms with van der Waals surface area (Å²) in [5, 5.41) is 3.42. The second-order valence-corrected chi connectivity index (χ2v) is 4.64. The molecule has 1 aromatic rings. The normalized spacial score (nSPS) is 10.4. The van der Waals surface area contributed by atoms with Gasteiger partial charge in [-0.05, 0) is 18.6 Å².